The number of aliphatic hydroxyl groups excluding tert-OH is 1. The highest BCUT2D eigenvalue weighted by molar-refractivity contribution is 6.31. The molecule has 0 atom stereocenters. The Morgan fingerprint density at radius 2 is 1.77 bits per heavy atom. The maximum absolute atomic E-state index is 13.2. The number of aromatic nitrogens is 2. The highest BCUT2D eigenvalue weighted by Gasteiger charge is 2.33. The van der Waals surface area contributed by atoms with E-state index in [1.54, 1.807) is 0 Å². The zero-order chi connectivity index (χ0) is 25.2. The lowest BCUT2D eigenvalue weighted by molar-refractivity contribution is -0.137. The van der Waals surface area contributed by atoms with Crippen molar-refractivity contribution >= 4 is 17.5 Å². The average molecular weight is 511 g/mol. The quantitative estimate of drug-likeness (QED) is 0.649. The van der Waals surface area contributed by atoms with Crippen LogP contribution in [0.1, 0.15) is 58.6 Å². The van der Waals surface area contributed by atoms with E-state index in [-0.39, 0.29) is 17.0 Å². The Bertz CT molecular complexity index is 1050. The minimum absolute atomic E-state index is 0.115. The number of nitrogens with zero attached hydrogens (tertiary/aromatic N) is 4. The predicted molar refractivity (Wildman–Crippen MR) is 126 cm³/mol. The molecule has 6 nitrogen and oxygen atoms in total. The van der Waals surface area contributed by atoms with Gasteiger partial charge in [-0.25, -0.2) is 9.97 Å². The van der Waals surface area contributed by atoms with Crippen LogP contribution in [0.5, 0.6) is 0 Å². The van der Waals surface area contributed by atoms with Gasteiger partial charge in [0.1, 0.15) is 12.0 Å². The first-order valence-electron chi connectivity index (χ1n) is 12.0. The molecule has 2 aliphatic rings. The fraction of sp³-hybridized carbons (Fsp3) is 0.560. The summed E-state index contributed by atoms with van der Waals surface area (Å²) in [6.45, 7) is 4.93. The SMILES string of the molecule is Cc1c(CCc2ccc(C(F)(F)F)c(Cl)c2)ncnc1C(=O)N1CCC(N2CCC(O)CC2)CC1. The van der Waals surface area contributed by atoms with Crippen LogP contribution >= 0.6 is 11.6 Å². The maximum Gasteiger partial charge on any atom is 0.417 e. The van der Waals surface area contributed by atoms with Crippen molar-refractivity contribution in [1.29, 1.82) is 0 Å². The molecule has 0 spiro atoms. The number of alkyl halides is 3. The summed E-state index contributed by atoms with van der Waals surface area (Å²) in [5.41, 5.74) is 1.58. The molecule has 4 rings (SSSR count). The maximum atomic E-state index is 13.2. The molecule has 0 aliphatic carbocycles. The molecule has 0 radical (unpaired) electrons. The van der Waals surface area contributed by atoms with Crippen molar-refractivity contribution in [2.45, 2.75) is 63.8 Å². The summed E-state index contributed by atoms with van der Waals surface area (Å²) in [5, 5.41) is 9.41. The van der Waals surface area contributed by atoms with Gasteiger partial charge < -0.3 is 14.9 Å². The first kappa shape index (κ1) is 25.9. The Kier molecular flexibility index (Phi) is 7.98. The topological polar surface area (TPSA) is 69.6 Å². The zero-order valence-corrected chi connectivity index (χ0v) is 20.4. The van der Waals surface area contributed by atoms with Crippen LogP contribution in [0.25, 0.3) is 0 Å². The number of hydrogen-bond donors (Lipinski definition) is 1. The first-order valence-corrected chi connectivity index (χ1v) is 12.4. The summed E-state index contributed by atoms with van der Waals surface area (Å²) in [5.74, 6) is -0.115. The molecule has 1 aromatic heterocycles. The fourth-order valence-corrected chi connectivity index (χ4v) is 5.31. The van der Waals surface area contributed by atoms with Gasteiger partial charge in [-0.05, 0) is 63.1 Å². The van der Waals surface area contributed by atoms with E-state index >= 15 is 0 Å². The van der Waals surface area contributed by atoms with Gasteiger partial charge in [0.2, 0.25) is 0 Å². The van der Waals surface area contributed by atoms with Crippen LogP contribution in [0.15, 0.2) is 24.5 Å². The van der Waals surface area contributed by atoms with E-state index in [9.17, 15) is 23.1 Å². The summed E-state index contributed by atoms with van der Waals surface area (Å²) < 4.78 is 38.8. The van der Waals surface area contributed by atoms with Crippen molar-refractivity contribution in [2.24, 2.45) is 0 Å². The van der Waals surface area contributed by atoms with Crippen LogP contribution in [-0.2, 0) is 19.0 Å². The summed E-state index contributed by atoms with van der Waals surface area (Å²) in [6, 6.07) is 4.18. The number of aryl methyl sites for hydroxylation is 2. The van der Waals surface area contributed by atoms with Gasteiger partial charge in [0, 0.05) is 43.5 Å². The smallest absolute Gasteiger partial charge is 0.393 e. The van der Waals surface area contributed by atoms with Gasteiger partial charge in [-0.3, -0.25) is 4.79 Å². The second-order valence-corrected chi connectivity index (χ2v) is 9.80. The van der Waals surface area contributed by atoms with Gasteiger partial charge in [0.25, 0.3) is 5.91 Å². The number of halogens is 4. The largest absolute Gasteiger partial charge is 0.417 e. The number of piperidine rings is 2. The summed E-state index contributed by atoms with van der Waals surface area (Å²) in [7, 11) is 0. The minimum atomic E-state index is -4.49. The second-order valence-electron chi connectivity index (χ2n) is 9.40. The van der Waals surface area contributed by atoms with Crippen LogP contribution in [-0.4, -0.2) is 69.1 Å². The van der Waals surface area contributed by atoms with E-state index in [2.05, 4.69) is 14.9 Å². The third kappa shape index (κ3) is 6.13. The molecule has 0 unspecified atom stereocenters. The number of rotatable bonds is 5. The molecular formula is C25H30ClF3N4O2. The minimum Gasteiger partial charge on any atom is -0.393 e. The van der Waals surface area contributed by atoms with Crippen molar-refractivity contribution in [3.8, 4) is 0 Å². The van der Waals surface area contributed by atoms with Crippen molar-refractivity contribution in [1.82, 2.24) is 19.8 Å². The molecule has 2 aliphatic heterocycles. The molecule has 35 heavy (non-hydrogen) atoms. The van der Waals surface area contributed by atoms with Gasteiger partial charge in [-0.15, -0.1) is 0 Å². The summed E-state index contributed by atoms with van der Waals surface area (Å²) in [6.07, 6.45) is 1.00. The van der Waals surface area contributed by atoms with Gasteiger partial charge in [0.15, 0.2) is 0 Å². The lowest BCUT2D eigenvalue weighted by Crippen LogP contribution is -2.49. The first-order chi connectivity index (χ1) is 16.6. The molecule has 10 heteroatoms. The lowest BCUT2D eigenvalue weighted by Gasteiger charge is -2.41. The van der Waals surface area contributed by atoms with Crippen LogP contribution in [0.3, 0.4) is 0 Å². The second kappa shape index (κ2) is 10.8. The molecule has 1 N–H and O–H groups in total. The van der Waals surface area contributed by atoms with Crippen molar-refractivity contribution in [2.75, 3.05) is 26.2 Å². The van der Waals surface area contributed by atoms with E-state index < -0.39 is 11.7 Å². The number of likely N-dealkylation sites (tertiary alicyclic amines) is 2. The molecular weight excluding hydrogens is 481 g/mol. The standard InChI is InChI=1S/C25H30ClF3N4O2/c1-16-22(5-3-17-2-4-20(21(26)14-17)25(27,28)29)30-15-31-23(16)24(35)33-10-6-18(7-11-33)32-12-8-19(34)9-13-32/h2,4,14-15,18-19,34H,3,5-13H2,1H3. The number of hydrogen-bond acceptors (Lipinski definition) is 5. The molecule has 2 saturated heterocycles. The average Bonchev–Trinajstić information content (AvgIpc) is 2.83. The Hall–Kier alpha value is -2.23. The van der Waals surface area contributed by atoms with E-state index in [0.717, 1.165) is 44.8 Å². The highest BCUT2D eigenvalue weighted by atomic mass is 35.5. The van der Waals surface area contributed by atoms with E-state index in [1.807, 2.05) is 11.8 Å². The summed E-state index contributed by atoms with van der Waals surface area (Å²) >= 11 is 5.84. The Labute approximate surface area is 208 Å². The molecule has 1 amide bonds. The van der Waals surface area contributed by atoms with Gasteiger partial charge >= 0.3 is 6.18 Å². The Morgan fingerprint density at radius 3 is 2.40 bits per heavy atom. The molecule has 0 bridgehead atoms. The normalized spacial score (nSPS) is 18.7. The number of amides is 1. The van der Waals surface area contributed by atoms with Crippen molar-refractivity contribution in [3.05, 3.63) is 57.6 Å². The van der Waals surface area contributed by atoms with E-state index in [0.29, 0.717) is 54.5 Å². The molecule has 2 fully saturated rings. The highest BCUT2D eigenvalue weighted by Crippen LogP contribution is 2.35. The van der Waals surface area contributed by atoms with Crippen LogP contribution < -0.4 is 0 Å². The third-order valence-electron chi connectivity index (χ3n) is 7.15. The molecule has 1 aromatic carbocycles. The molecule has 0 saturated carbocycles. The third-order valence-corrected chi connectivity index (χ3v) is 7.46. The van der Waals surface area contributed by atoms with Gasteiger partial charge in [-0.2, -0.15) is 13.2 Å². The number of carbonyl (C=O) groups is 1. The van der Waals surface area contributed by atoms with Crippen LogP contribution in [0, 0.1) is 6.92 Å². The van der Waals surface area contributed by atoms with Crippen molar-refractivity contribution < 1.29 is 23.1 Å². The number of benzene rings is 1. The zero-order valence-electron chi connectivity index (χ0n) is 19.7. The van der Waals surface area contributed by atoms with Crippen LogP contribution in [0.2, 0.25) is 5.02 Å². The molecule has 190 valence electrons. The summed E-state index contributed by atoms with van der Waals surface area (Å²) in [4.78, 5) is 26.0. The molecule has 3 heterocycles. The van der Waals surface area contributed by atoms with Gasteiger partial charge in [0.05, 0.1) is 16.7 Å². The van der Waals surface area contributed by atoms with E-state index in [1.165, 1.54) is 18.5 Å². The van der Waals surface area contributed by atoms with Crippen LogP contribution in [0.4, 0.5) is 13.2 Å². The van der Waals surface area contributed by atoms with Gasteiger partial charge in [-0.1, -0.05) is 17.7 Å². The lowest BCUT2D eigenvalue weighted by atomic mass is 9.98. The predicted octanol–water partition coefficient (Wildman–Crippen LogP) is 4.30. The Balaban J connectivity index is 1.37. The number of carbonyl (C=O) groups excluding carboxylic acids is 1. The number of aliphatic hydroxyl groups is 1. The Morgan fingerprint density at radius 1 is 1.09 bits per heavy atom. The fourth-order valence-electron chi connectivity index (χ4n) is 5.00. The molecule has 2 aromatic rings. The van der Waals surface area contributed by atoms with Crippen molar-refractivity contribution in [3.63, 3.8) is 0 Å². The van der Waals surface area contributed by atoms with E-state index in [4.69, 9.17) is 11.6 Å². The monoisotopic (exact) mass is 510 g/mol.